The van der Waals surface area contributed by atoms with Crippen LogP contribution in [0.15, 0.2) is 91.1 Å². The number of anilines is 1. The lowest BCUT2D eigenvalue weighted by Crippen LogP contribution is -2.15. The molecule has 6 nitrogen and oxygen atoms in total. The van der Waals surface area contributed by atoms with Gasteiger partial charge < -0.3 is 5.32 Å². The molecule has 1 N–H and O–H groups in total. The van der Waals surface area contributed by atoms with E-state index in [0.29, 0.717) is 34.3 Å². The molecule has 5 aromatic rings. The van der Waals surface area contributed by atoms with Crippen molar-refractivity contribution >= 4 is 23.3 Å². The van der Waals surface area contributed by atoms with E-state index in [4.69, 9.17) is 16.7 Å². The van der Waals surface area contributed by atoms with Crippen LogP contribution in [0, 0.1) is 12.7 Å². The van der Waals surface area contributed by atoms with E-state index in [-0.39, 0.29) is 5.91 Å². The third-order valence-corrected chi connectivity index (χ3v) is 5.97. The number of rotatable bonds is 6. The number of nitrogens with zero attached hydrogens (tertiary/aromatic N) is 4. The monoisotopic (exact) mass is 485 g/mol. The Labute approximate surface area is 206 Å². The maximum absolute atomic E-state index is 13.5. The van der Waals surface area contributed by atoms with Crippen LogP contribution >= 0.6 is 11.6 Å². The van der Waals surface area contributed by atoms with Gasteiger partial charge in [-0.15, -0.1) is 0 Å². The van der Waals surface area contributed by atoms with Crippen molar-refractivity contribution < 1.29 is 9.18 Å². The molecule has 8 heteroatoms. The Morgan fingerprint density at radius 2 is 1.69 bits per heavy atom. The molecular weight excluding hydrogens is 465 g/mol. The van der Waals surface area contributed by atoms with E-state index < -0.39 is 5.82 Å². The Hall–Kier alpha value is -4.23. The summed E-state index contributed by atoms with van der Waals surface area (Å²) in [4.78, 5) is 13.5. The smallest absolute Gasteiger partial charge is 0.261 e. The van der Waals surface area contributed by atoms with Crippen LogP contribution in [0.1, 0.15) is 21.6 Å². The molecule has 5 rings (SSSR count). The van der Waals surface area contributed by atoms with E-state index in [1.165, 1.54) is 12.1 Å². The molecule has 0 bridgehead atoms. The molecule has 0 aliphatic rings. The van der Waals surface area contributed by atoms with Gasteiger partial charge in [-0.2, -0.15) is 10.2 Å². The molecule has 2 aromatic heterocycles. The number of amides is 1. The number of aromatic nitrogens is 4. The molecule has 0 atom stereocenters. The fourth-order valence-electron chi connectivity index (χ4n) is 3.91. The van der Waals surface area contributed by atoms with Gasteiger partial charge in [-0.3, -0.25) is 9.48 Å². The Morgan fingerprint density at radius 1 is 0.971 bits per heavy atom. The third kappa shape index (κ3) is 4.72. The summed E-state index contributed by atoms with van der Waals surface area (Å²) in [5.74, 6) is -0.319. The van der Waals surface area contributed by atoms with Gasteiger partial charge in [-0.25, -0.2) is 9.07 Å². The minimum absolute atomic E-state index is 0.311. The number of carbonyl (C=O) groups is 1. The first-order chi connectivity index (χ1) is 17.0. The van der Waals surface area contributed by atoms with E-state index in [1.54, 1.807) is 27.7 Å². The van der Waals surface area contributed by atoms with Crippen molar-refractivity contribution in [3.05, 3.63) is 119 Å². The third-order valence-electron chi connectivity index (χ3n) is 5.62. The highest BCUT2D eigenvalue weighted by Crippen LogP contribution is 2.28. The fraction of sp³-hybridized carbons (Fsp3) is 0.0741. The molecular formula is C27H21ClFN5O. The minimum Gasteiger partial charge on any atom is -0.305 e. The van der Waals surface area contributed by atoms with Crippen LogP contribution in [0.3, 0.4) is 0 Å². The summed E-state index contributed by atoms with van der Waals surface area (Å²) in [5.41, 5.74) is 4.19. The van der Waals surface area contributed by atoms with Crippen LogP contribution < -0.4 is 5.32 Å². The van der Waals surface area contributed by atoms with Gasteiger partial charge in [0.2, 0.25) is 0 Å². The average molecular weight is 486 g/mol. The van der Waals surface area contributed by atoms with Crippen molar-refractivity contribution in [3.8, 4) is 16.9 Å². The fourth-order valence-corrected chi connectivity index (χ4v) is 4.14. The predicted molar refractivity (Wildman–Crippen MR) is 134 cm³/mol. The number of carbonyl (C=O) groups excluding carboxylic acids is 1. The molecule has 0 unspecified atom stereocenters. The van der Waals surface area contributed by atoms with Crippen molar-refractivity contribution in [1.29, 1.82) is 0 Å². The summed E-state index contributed by atoms with van der Waals surface area (Å²) in [5, 5.41) is 12.4. The zero-order valence-corrected chi connectivity index (χ0v) is 19.6. The van der Waals surface area contributed by atoms with E-state index in [1.807, 2.05) is 67.6 Å². The number of nitrogens with one attached hydrogen (secondary N) is 1. The van der Waals surface area contributed by atoms with E-state index >= 15 is 0 Å². The van der Waals surface area contributed by atoms with Crippen LogP contribution in [-0.2, 0) is 6.54 Å². The zero-order chi connectivity index (χ0) is 24.4. The largest absolute Gasteiger partial charge is 0.305 e. The topological polar surface area (TPSA) is 64.7 Å². The lowest BCUT2D eigenvalue weighted by atomic mass is 10.1. The number of hydrogen-bond donors (Lipinski definition) is 1. The maximum Gasteiger partial charge on any atom is 0.261 e. The van der Waals surface area contributed by atoms with Crippen molar-refractivity contribution in [2.75, 3.05) is 5.32 Å². The molecule has 3 aromatic carbocycles. The summed E-state index contributed by atoms with van der Waals surface area (Å²) in [7, 11) is 0. The quantitative estimate of drug-likeness (QED) is 0.314. The Kier molecular flexibility index (Phi) is 6.16. The summed E-state index contributed by atoms with van der Waals surface area (Å²) < 4.78 is 16.7. The first kappa shape index (κ1) is 22.6. The van der Waals surface area contributed by atoms with Gasteiger partial charge in [-0.05, 0) is 36.8 Å². The molecule has 0 fully saturated rings. The Bertz CT molecular complexity index is 1500. The summed E-state index contributed by atoms with van der Waals surface area (Å²) in [6.45, 7) is 2.21. The molecule has 0 saturated carbocycles. The van der Waals surface area contributed by atoms with Crippen molar-refractivity contribution in [3.63, 3.8) is 0 Å². The standard InChI is InChI=1S/C27H21ClFN5O/c1-18-25(26(19-8-4-2-5-9-19)32-34(18)22-10-6-3-7-11-22)27(35)30-24-14-15-33(31-24)17-20-12-13-21(29)16-23(20)28/h2-16H,17H2,1H3,(H,30,31,35). The van der Waals surface area contributed by atoms with Crippen molar-refractivity contribution in [1.82, 2.24) is 19.6 Å². The number of benzene rings is 3. The number of halogens is 2. The first-order valence-electron chi connectivity index (χ1n) is 11.0. The Morgan fingerprint density at radius 3 is 2.40 bits per heavy atom. The van der Waals surface area contributed by atoms with Crippen LogP contribution in [0.4, 0.5) is 10.2 Å². The molecule has 0 radical (unpaired) electrons. The van der Waals surface area contributed by atoms with E-state index in [2.05, 4.69) is 10.4 Å². The normalized spacial score (nSPS) is 10.9. The number of para-hydroxylation sites is 1. The van der Waals surface area contributed by atoms with Gasteiger partial charge >= 0.3 is 0 Å². The highest BCUT2D eigenvalue weighted by molar-refractivity contribution is 6.31. The average Bonchev–Trinajstić information content (AvgIpc) is 3.45. The second-order valence-electron chi connectivity index (χ2n) is 8.01. The van der Waals surface area contributed by atoms with Gasteiger partial charge in [0.25, 0.3) is 5.91 Å². The molecule has 174 valence electrons. The van der Waals surface area contributed by atoms with E-state index in [0.717, 1.165) is 16.8 Å². The van der Waals surface area contributed by atoms with Crippen LogP contribution in [0.5, 0.6) is 0 Å². The highest BCUT2D eigenvalue weighted by atomic mass is 35.5. The zero-order valence-electron chi connectivity index (χ0n) is 18.8. The number of hydrogen-bond acceptors (Lipinski definition) is 3. The van der Waals surface area contributed by atoms with E-state index in [9.17, 15) is 9.18 Å². The van der Waals surface area contributed by atoms with Crippen LogP contribution in [-0.4, -0.2) is 25.5 Å². The predicted octanol–water partition coefficient (Wildman–Crippen LogP) is 6.14. The van der Waals surface area contributed by atoms with Crippen molar-refractivity contribution in [2.45, 2.75) is 13.5 Å². The lowest BCUT2D eigenvalue weighted by Gasteiger charge is -2.06. The van der Waals surface area contributed by atoms with Gasteiger partial charge in [0.1, 0.15) is 11.5 Å². The summed E-state index contributed by atoms with van der Waals surface area (Å²) in [6, 6.07) is 25.2. The molecule has 2 heterocycles. The second-order valence-corrected chi connectivity index (χ2v) is 8.42. The minimum atomic E-state index is -0.396. The molecule has 0 aliphatic carbocycles. The highest BCUT2D eigenvalue weighted by Gasteiger charge is 2.23. The summed E-state index contributed by atoms with van der Waals surface area (Å²) in [6.07, 6.45) is 1.73. The molecule has 0 saturated heterocycles. The SMILES string of the molecule is Cc1c(C(=O)Nc2ccn(Cc3ccc(F)cc3Cl)n2)c(-c2ccccc2)nn1-c1ccccc1. The van der Waals surface area contributed by atoms with Crippen molar-refractivity contribution in [2.24, 2.45) is 0 Å². The molecule has 35 heavy (non-hydrogen) atoms. The van der Waals surface area contributed by atoms with Crippen LogP contribution in [0.25, 0.3) is 16.9 Å². The maximum atomic E-state index is 13.5. The Balaban J connectivity index is 1.45. The van der Waals surface area contributed by atoms with Gasteiger partial charge in [-0.1, -0.05) is 66.2 Å². The first-order valence-corrected chi connectivity index (χ1v) is 11.4. The van der Waals surface area contributed by atoms with Gasteiger partial charge in [0, 0.05) is 22.8 Å². The molecule has 0 aliphatic heterocycles. The van der Waals surface area contributed by atoms with Gasteiger partial charge in [0.05, 0.1) is 23.5 Å². The molecule has 1 amide bonds. The lowest BCUT2D eigenvalue weighted by molar-refractivity contribution is 0.102. The summed E-state index contributed by atoms with van der Waals surface area (Å²) >= 11 is 6.14. The van der Waals surface area contributed by atoms with Gasteiger partial charge in [0.15, 0.2) is 5.82 Å². The van der Waals surface area contributed by atoms with Crippen LogP contribution in [0.2, 0.25) is 5.02 Å². The molecule has 0 spiro atoms. The second kappa shape index (κ2) is 9.56.